The van der Waals surface area contributed by atoms with Crippen LogP contribution in [0.2, 0.25) is 5.02 Å². The van der Waals surface area contributed by atoms with Gasteiger partial charge in [0.05, 0.1) is 17.3 Å². The van der Waals surface area contributed by atoms with Crippen LogP contribution in [-0.4, -0.2) is 26.0 Å². The summed E-state index contributed by atoms with van der Waals surface area (Å²) in [7, 11) is 0. The monoisotopic (exact) mass is 391 g/mol. The van der Waals surface area contributed by atoms with Gasteiger partial charge in [-0.05, 0) is 46.8 Å². The molecular weight excluding hydrogens is 383 g/mol. The fourth-order valence-corrected chi connectivity index (χ4v) is 2.49. The third kappa shape index (κ3) is 3.80. The van der Waals surface area contributed by atoms with Crippen molar-refractivity contribution >= 4 is 17.4 Å². The topological polar surface area (TPSA) is 84.5 Å². The van der Waals surface area contributed by atoms with E-state index in [0.717, 1.165) is 24.3 Å². The van der Waals surface area contributed by atoms with E-state index in [0.29, 0.717) is 10.7 Å². The van der Waals surface area contributed by atoms with Gasteiger partial charge in [0.25, 0.3) is 0 Å². The van der Waals surface area contributed by atoms with Crippen LogP contribution in [0.3, 0.4) is 0 Å². The first-order valence-electron chi connectivity index (χ1n) is 7.46. The predicted octanol–water partition coefficient (Wildman–Crippen LogP) is 3.82. The van der Waals surface area contributed by atoms with Crippen LogP contribution < -0.4 is 0 Å². The van der Waals surface area contributed by atoms with E-state index < -0.39 is 23.4 Å². The molecule has 1 heterocycles. The van der Waals surface area contributed by atoms with Crippen molar-refractivity contribution in [2.24, 2.45) is 0 Å². The molecule has 0 spiro atoms. The van der Waals surface area contributed by atoms with E-state index >= 15 is 0 Å². The number of tetrazole rings is 1. The van der Waals surface area contributed by atoms with Crippen molar-refractivity contribution in [1.82, 2.24) is 20.2 Å². The molecule has 6 nitrogen and oxygen atoms in total. The molecule has 136 valence electrons. The number of nitrogens with zero attached hydrogens (tertiary/aromatic N) is 5. The minimum atomic E-state index is -4.52. The Morgan fingerprint density at radius 1 is 1.11 bits per heavy atom. The molecule has 0 bridgehead atoms. The number of carbonyl (C=O) groups is 1. The summed E-state index contributed by atoms with van der Waals surface area (Å²) in [5, 5.41) is 20.9. The van der Waals surface area contributed by atoms with Crippen molar-refractivity contribution in [1.29, 1.82) is 5.26 Å². The predicted molar refractivity (Wildman–Crippen MR) is 88.3 cm³/mol. The zero-order valence-corrected chi connectivity index (χ0v) is 14.1. The number of halogens is 4. The summed E-state index contributed by atoms with van der Waals surface area (Å²) in [6, 6.07) is 11.8. The zero-order valence-electron chi connectivity index (χ0n) is 13.4. The van der Waals surface area contributed by atoms with Crippen molar-refractivity contribution in [3.63, 3.8) is 0 Å². The molecule has 3 aromatic rings. The number of Topliss-reactive ketones (excluding diaryl/α,β-unsaturated/α-hetero) is 1. The Kier molecular flexibility index (Phi) is 4.92. The fourth-order valence-electron chi connectivity index (χ4n) is 2.36. The van der Waals surface area contributed by atoms with Gasteiger partial charge in [0, 0.05) is 10.6 Å². The number of carbonyl (C=O) groups excluding carboxylic acids is 1. The number of alkyl halides is 3. The van der Waals surface area contributed by atoms with E-state index in [1.54, 1.807) is 24.3 Å². The molecule has 0 aliphatic carbocycles. The zero-order chi connectivity index (χ0) is 19.6. The van der Waals surface area contributed by atoms with Crippen LogP contribution >= 0.6 is 11.6 Å². The Morgan fingerprint density at radius 2 is 1.74 bits per heavy atom. The first-order valence-corrected chi connectivity index (χ1v) is 7.84. The van der Waals surface area contributed by atoms with E-state index in [2.05, 4.69) is 15.5 Å². The Hall–Kier alpha value is -3.25. The van der Waals surface area contributed by atoms with Crippen LogP contribution in [0, 0.1) is 11.3 Å². The molecule has 3 rings (SSSR count). The highest BCUT2D eigenvalue weighted by molar-refractivity contribution is 6.30. The van der Waals surface area contributed by atoms with Gasteiger partial charge < -0.3 is 0 Å². The maximum atomic E-state index is 12.7. The van der Waals surface area contributed by atoms with Gasteiger partial charge in [-0.25, -0.2) is 0 Å². The van der Waals surface area contributed by atoms with Crippen molar-refractivity contribution in [2.75, 3.05) is 0 Å². The van der Waals surface area contributed by atoms with E-state index in [4.69, 9.17) is 11.6 Å². The smallest absolute Gasteiger partial charge is 0.292 e. The summed E-state index contributed by atoms with van der Waals surface area (Å²) in [5.41, 5.74) is -0.473. The van der Waals surface area contributed by atoms with E-state index in [1.165, 1.54) is 4.68 Å². The maximum absolute atomic E-state index is 12.7. The first kappa shape index (κ1) is 18.5. The molecule has 1 atom stereocenters. The molecule has 0 aliphatic rings. The number of nitriles is 1. The lowest BCUT2D eigenvalue weighted by molar-refractivity contribution is -0.137. The van der Waals surface area contributed by atoms with Crippen molar-refractivity contribution in [3.8, 4) is 11.8 Å². The molecule has 1 aromatic heterocycles. The minimum absolute atomic E-state index is 0.0512. The lowest BCUT2D eigenvalue weighted by atomic mass is 9.97. The third-order valence-corrected chi connectivity index (χ3v) is 3.96. The molecule has 0 N–H and O–H groups in total. The largest absolute Gasteiger partial charge is 0.416 e. The Morgan fingerprint density at radius 3 is 2.30 bits per heavy atom. The van der Waals surface area contributed by atoms with Crippen LogP contribution in [0.5, 0.6) is 0 Å². The molecule has 0 aliphatic heterocycles. The highest BCUT2D eigenvalue weighted by Gasteiger charge is 2.32. The summed E-state index contributed by atoms with van der Waals surface area (Å²) in [5.74, 6) is -2.16. The second-order valence-electron chi connectivity index (χ2n) is 5.43. The normalized spacial score (nSPS) is 12.4. The molecule has 0 amide bonds. The van der Waals surface area contributed by atoms with E-state index in [9.17, 15) is 23.2 Å². The van der Waals surface area contributed by atoms with Crippen molar-refractivity contribution in [3.05, 3.63) is 70.5 Å². The average Bonchev–Trinajstić information content (AvgIpc) is 3.11. The molecular formula is C17H9ClF3N5O. The van der Waals surface area contributed by atoms with Gasteiger partial charge in [-0.15, -0.1) is 5.10 Å². The SMILES string of the molecule is N#C[C@@H](C(=O)c1ccc(C(F)(F)F)cc1)c1nnnn1-c1ccc(Cl)cc1. The van der Waals surface area contributed by atoms with Crippen molar-refractivity contribution < 1.29 is 18.0 Å². The number of ketones is 1. The van der Waals surface area contributed by atoms with Crippen LogP contribution in [0.15, 0.2) is 48.5 Å². The maximum Gasteiger partial charge on any atom is 0.416 e. The van der Waals surface area contributed by atoms with Gasteiger partial charge in [-0.2, -0.15) is 23.1 Å². The minimum Gasteiger partial charge on any atom is -0.292 e. The number of hydrogen-bond donors (Lipinski definition) is 0. The Balaban J connectivity index is 1.94. The molecule has 2 aromatic carbocycles. The molecule has 0 unspecified atom stereocenters. The first-order chi connectivity index (χ1) is 12.8. The molecule has 27 heavy (non-hydrogen) atoms. The van der Waals surface area contributed by atoms with Crippen LogP contribution in [0.25, 0.3) is 5.69 Å². The highest BCUT2D eigenvalue weighted by atomic mass is 35.5. The average molecular weight is 392 g/mol. The number of benzene rings is 2. The molecule has 0 saturated heterocycles. The van der Waals surface area contributed by atoms with Gasteiger partial charge in [0.1, 0.15) is 0 Å². The van der Waals surface area contributed by atoms with Crippen LogP contribution in [0.1, 0.15) is 27.7 Å². The third-order valence-electron chi connectivity index (χ3n) is 3.71. The summed E-state index contributed by atoms with van der Waals surface area (Å²) < 4.78 is 39.2. The summed E-state index contributed by atoms with van der Waals surface area (Å²) in [6.07, 6.45) is -4.52. The molecule has 0 saturated carbocycles. The van der Waals surface area contributed by atoms with Gasteiger partial charge in [0.15, 0.2) is 17.5 Å². The summed E-state index contributed by atoms with van der Waals surface area (Å²) in [6.45, 7) is 0. The van der Waals surface area contributed by atoms with Gasteiger partial charge in [-0.1, -0.05) is 23.7 Å². The molecule has 0 fully saturated rings. The van der Waals surface area contributed by atoms with Gasteiger partial charge in [-0.3, -0.25) is 4.79 Å². The quantitative estimate of drug-likeness (QED) is 0.631. The molecule has 10 heteroatoms. The fraction of sp³-hybridized carbons (Fsp3) is 0.118. The van der Waals surface area contributed by atoms with Gasteiger partial charge in [0.2, 0.25) is 0 Å². The van der Waals surface area contributed by atoms with E-state index in [-0.39, 0.29) is 11.4 Å². The van der Waals surface area contributed by atoms with Gasteiger partial charge >= 0.3 is 6.18 Å². The number of aromatic nitrogens is 4. The van der Waals surface area contributed by atoms with Crippen LogP contribution in [-0.2, 0) is 6.18 Å². The number of rotatable bonds is 4. The molecule has 0 radical (unpaired) electrons. The second kappa shape index (κ2) is 7.17. The standard InChI is InChI=1S/C17H9ClF3N5O/c18-12-5-7-13(8-6-12)26-16(23-24-25-26)14(9-22)15(27)10-1-3-11(4-2-10)17(19,20)21/h1-8,14H/t14-/m0/s1. The highest BCUT2D eigenvalue weighted by Crippen LogP contribution is 2.30. The Bertz CT molecular complexity index is 1010. The lowest BCUT2D eigenvalue weighted by Gasteiger charge is -2.10. The van der Waals surface area contributed by atoms with E-state index in [1.807, 2.05) is 6.07 Å². The summed E-state index contributed by atoms with van der Waals surface area (Å²) >= 11 is 5.83. The lowest BCUT2D eigenvalue weighted by Crippen LogP contribution is -2.17. The summed E-state index contributed by atoms with van der Waals surface area (Å²) in [4.78, 5) is 12.6. The van der Waals surface area contributed by atoms with Crippen molar-refractivity contribution in [2.45, 2.75) is 12.1 Å². The van der Waals surface area contributed by atoms with Crippen LogP contribution in [0.4, 0.5) is 13.2 Å². The second-order valence-corrected chi connectivity index (χ2v) is 5.86. The Labute approximate surface area is 155 Å². The number of hydrogen-bond acceptors (Lipinski definition) is 5.